The molecule has 0 bridgehead atoms. The van der Waals surface area contributed by atoms with Crippen LogP contribution in [-0.2, 0) is 6.42 Å². The van der Waals surface area contributed by atoms with Gasteiger partial charge < -0.3 is 4.90 Å². The molecule has 0 spiro atoms. The average Bonchev–Trinajstić information content (AvgIpc) is 2.56. The summed E-state index contributed by atoms with van der Waals surface area (Å²) in [7, 11) is 2.22. The fraction of sp³-hybridized carbons (Fsp3) is 0.538. The Morgan fingerprint density at radius 2 is 2.00 bits per heavy atom. The Balaban J connectivity index is 1.94. The number of likely N-dealkylation sites (tertiary alicyclic amines) is 1. The second-order valence-corrected chi connectivity index (χ2v) is 4.61. The van der Waals surface area contributed by atoms with Crippen molar-refractivity contribution in [1.29, 1.82) is 0 Å². The van der Waals surface area contributed by atoms with Gasteiger partial charge in [-0.15, -0.1) is 0 Å². The fourth-order valence-corrected chi connectivity index (χ4v) is 2.25. The van der Waals surface area contributed by atoms with Crippen molar-refractivity contribution >= 4 is 0 Å². The normalized spacial score (nSPS) is 22.9. The minimum atomic E-state index is 0.878. The lowest BCUT2D eigenvalue weighted by Crippen LogP contribution is -2.14. The molecule has 0 N–H and O–H groups in total. The predicted molar refractivity (Wildman–Crippen MR) is 60.5 cm³/mol. The van der Waals surface area contributed by atoms with E-state index in [-0.39, 0.29) is 0 Å². The molecule has 1 aliphatic rings. The lowest BCUT2D eigenvalue weighted by atomic mass is 9.98. The highest BCUT2D eigenvalue weighted by atomic mass is 15.1. The summed E-state index contributed by atoms with van der Waals surface area (Å²) in [4.78, 5) is 2.43. The second-order valence-electron chi connectivity index (χ2n) is 4.61. The SMILES string of the molecule is Cc1ccc(CC2CCN(C)C2)cc1. The Morgan fingerprint density at radius 1 is 1.29 bits per heavy atom. The van der Waals surface area contributed by atoms with Gasteiger partial charge in [0.05, 0.1) is 0 Å². The molecule has 76 valence electrons. The first-order valence-corrected chi connectivity index (χ1v) is 5.48. The zero-order chi connectivity index (χ0) is 9.97. The smallest absolute Gasteiger partial charge is 0.00103 e. The van der Waals surface area contributed by atoms with Gasteiger partial charge in [0.1, 0.15) is 0 Å². The van der Waals surface area contributed by atoms with Crippen molar-refractivity contribution in [2.75, 3.05) is 20.1 Å². The van der Waals surface area contributed by atoms with E-state index in [2.05, 4.69) is 43.1 Å². The quantitative estimate of drug-likeness (QED) is 0.691. The van der Waals surface area contributed by atoms with Crippen LogP contribution in [-0.4, -0.2) is 25.0 Å². The van der Waals surface area contributed by atoms with Gasteiger partial charge in [0.25, 0.3) is 0 Å². The van der Waals surface area contributed by atoms with Crippen LogP contribution in [0.5, 0.6) is 0 Å². The summed E-state index contributed by atoms with van der Waals surface area (Å²) in [5.41, 5.74) is 2.85. The highest BCUT2D eigenvalue weighted by Crippen LogP contribution is 2.19. The molecule has 1 aromatic rings. The van der Waals surface area contributed by atoms with Crippen molar-refractivity contribution in [2.45, 2.75) is 19.8 Å². The monoisotopic (exact) mass is 189 g/mol. The number of rotatable bonds is 2. The standard InChI is InChI=1S/C13H19N/c1-11-3-5-12(6-4-11)9-13-7-8-14(2)10-13/h3-6,13H,7-10H2,1-2H3. The summed E-state index contributed by atoms with van der Waals surface area (Å²) in [5, 5.41) is 0. The zero-order valence-corrected chi connectivity index (χ0v) is 9.16. The van der Waals surface area contributed by atoms with E-state index in [9.17, 15) is 0 Å². The van der Waals surface area contributed by atoms with Gasteiger partial charge in [-0.2, -0.15) is 0 Å². The lowest BCUT2D eigenvalue weighted by Gasteiger charge is -2.10. The third-order valence-corrected chi connectivity index (χ3v) is 3.13. The zero-order valence-electron chi connectivity index (χ0n) is 9.16. The van der Waals surface area contributed by atoms with Gasteiger partial charge >= 0.3 is 0 Å². The molecule has 1 saturated heterocycles. The number of benzene rings is 1. The molecular formula is C13H19N. The molecule has 2 rings (SSSR count). The van der Waals surface area contributed by atoms with Gasteiger partial charge in [0.15, 0.2) is 0 Å². The molecule has 1 fully saturated rings. The Bertz CT molecular complexity index is 289. The molecule has 14 heavy (non-hydrogen) atoms. The van der Waals surface area contributed by atoms with E-state index in [0.29, 0.717) is 0 Å². The third kappa shape index (κ3) is 2.36. The molecule has 1 heteroatoms. The van der Waals surface area contributed by atoms with Crippen molar-refractivity contribution in [3.63, 3.8) is 0 Å². The van der Waals surface area contributed by atoms with Crippen LogP contribution in [0.15, 0.2) is 24.3 Å². The van der Waals surface area contributed by atoms with Gasteiger partial charge in [-0.25, -0.2) is 0 Å². The largest absolute Gasteiger partial charge is 0.306 e. The Hall–Kier alpha value is -0.820. The topological polar surface area (TPSA) is 3.24 Å². The minimum Gasteiger partial charge on any atom is -0.306 e. The molecule has 0 aliphatic carbocycles. The Kier molecular flexibility index (Phi) is 2.87. The maximum absolute atomic E-state index is 2.43. The fourth-order valence-electron chi connectivity index (χ4n) is 2.25. The highest BCUT2D eigenvalue weighted by Gasteiger charge is 2.19. The summed E-state index contributed by atoms with van der Waals surface area (Å²) in [6, 6.07) is 8.98. The van der Waals surface area contributed by atoms with E-state index in [1.807, 2.05) is 0 Å². The van der Waals surface area contributed by atoms with Gasteiger partial charge in [-0.05, 0) is 44.8 Å². The molecule has 1 nitrogen and oxygen atoms in total. The van der Waals surface area contributed by atoms with Crippen molar-refractivity contribution in [1.82, 2.24) is 4.90 Å². The van der Waals surface area contributed by atoms with Gasteiger partial charge in [-0.3, -0.25) is 0 Å². The van der Waals surface area contributed by atoms with Crippen LogP contribution in [0.1, 0.15) is 17.5 Å². The molecule has 1 heterocycles. The Labute approximate surface area is 86.7 Å². The van der Waals surface area contributed by atoms with E-state index in [4.69, 9.17) is 0 Å². The lowest BCUT2D eigenvalue weighted by molar-refractivity contribution is 0.394. The van der Waals surface area contributed by atoms with E-state index >= 15 is 0 Å². The molecular weight excluding hydrogens is 170 g/mol. The summed E-state index contributed by atoms with van der Waals surface area (Å²) in [6.07, 6.45) is 2.62. The summed E-state index contributed by atoms with van der Waals surface area (Å²) < 4.78 is 0. The van der Waals surface area contributed by atoms with Crippen LogP contribution in [0.3, 0.4) is 0 Å². The molecule has 0 saturated carbocycles. The predicted octanol–water partition coefficient (Wildman–Crippen LogP) is 2.49. The van der Waals surface area contributed by atoms with E-state index in [1.165, 1.54) is 37.1 Å². The van der Waals surface area contributed by atoms with Crippen molar-refractivity contribution in [2.24, 2.45) is 5.92 Å². The second kappa shape index (κ2) is 4.14. The maximum atomic E-state index is 2.43. The van der Waals surface area contributed by atoms with E-state index in [1.54, 1.807) is 0 Å². The summed E-state index contributed by atoms with van der Waals surface area (Å²) in [5.74, 6) is 0.878. The summed E-state index contributed by atoms with van der Waals surface area (Å²) >= 11 is 0. The van der Waals surface area contributed by atoms with Crippen molar-refractivity contribution in [3.05, 3.63) is 35.4 Å². The van der Waals surface area contributed by atoms with Crippen molar-refractivity contribution < 1.29 is 0 Å². The van der Waals surface area contributed by atoms with Crippen LogP contribution in [0.25, 0.3) is 0 Å². The third-order valence-electron chi connectivity index (χ3n) is 3.13. The van der Waals surface area contributed by atoms with E-state index in [0.717, 1.165) is 5.92 Å². The van der Waals surface area contributed by atoms with Crippen LogP contribution in [0.2, 0.25) is 0 Å². The van der Waals surface area contributed by atoms with Gasteiger partial charge in [0.2, 0.25) is 0 Å². The van der Waals surface area contributed by atoms with Crippen LogP contribution < -0.4 is 0 Å². The number of hydrogen-bond donors (Lipinski definition) is 0. The highest BCUT2D eigenvalue weighted by molar-refractivity contribution is 5.21. The number of hydrogen-bond acceptors (Lipinski definition) is 1. The Morgan fingerprint density at radius 3 is 2.57 bits per heavy atom. The van der Waals surface area contributed by atoms with Crippen LogP contribution >= 0.6 is 0 Å². The first-order valence-electron chi connectivity index (χ1n) is 5.48. The number of nitrogens with zero attached hydrogens (tertiary/aromatic N) is 1. The number of aryl methyl sites for hydroxylation is 1. The molecule has 1 aromatic carbocycles. The van der Waals surface area contributed by atoms with Crippen LogP contribution in [0.4, 0.5) is 0 Å². The maximum Gasteiger partial charge on any atom is 0.00103 e. The molecule has 0 amide bonds. The van der Waals surface area contributed by atoms with E-state index < -0.39 is 0 Å². The molecule has 1 aliphatic heterocycles. The molecule has 1 unspecified atom stereocenters. The summed E-state index contributed by atoms with van der Waals surface area (Å²) in [6.45, 7) is 4.69. The first kappa shape index (κ1) is 9.72. The first-order chi connectivity index (χ1) is 6.74. The van der Waals surface area contributed by atoms with Crippen LogP contribution in [0, 0.1) is 12.8 Å². The molecule has 0 aromatic heterocycles. The van der Waals surface area contributed by atoms with Gasteiger partial charge in [-0.1, -0.05) is 29.8 Å². The van der Waals surface area contributed by atoms with Gasteiger partial charge in [0, 0.05) is 6.54 Å². The molecule has 0 radical (unpaired) electrons. The van der Waals surface area contributed by atoms with Crippen molar-refractivity contribution in [3.8, 4) is 0 Å². The minimum absolute atomic E-state index is 0.878. The molecule has 1 atom stereocenters. The average molecular weight is 189 g/mol.